The molecule has 4 aromatic carbocycles. The molecule has 6 rings (SSSR count). The van der Waals surface area contributed by atoms with E-state index in [1.165, 1.54) is 5.56 Å². The van der Waals surface area contributed by atoms with Crippen LogP contribution in [-0.2, 0) is 0 Å². The van der Waals surface area contributed by atoms with Crippen LogP contribution in [0.3, 0.4) is 0 Å². The highest BCUT2D eigenvalue weighted by molar-refractivity contribution is 6.45. The van der Waals surface area contributed by atoms with Crippen LogP contribution in [0.2, 0.25) is 5.79 Å². The number of aromatic hydroxyl groups is 1. The molecule has 0 fully saturated rings. The molecular formula is C33H29AlN2O3. The van der Waals surface area contributed by atoms with Crippen molar-refractivity contribution in [3.63, 3.8) is 0 Å². The van der Waals surface area contributed by atoms with E-state index in [9.17, 15) is 0 Å². The average molecular weight is 529 g/mol. The van der Waals surface area contributed by atoms with Crippen molar-refractivity contribution in [3.8, 4) is 28.4 Å². The molecule has 0 bridgehead atoms. The predicted molar refractivity (Wildman–Crippen MR) is 159 cm³/mol. The van der Waals surface area contributed by atoms with E-state index < -0.39 is 14.8 Å². The number of rotatable bonds is 5. The molecule has 6 heteroatoms. The highest BCUT2D eigenvalue weighted by atomic mass is 27.2. The Bertz CT molecular complexity index is 1620. The highest BCUT2D eigenvalue weighted by Gasteiger charge is 2.26. The summed E-state index contributed by atoms with van der Waals surface area (Å²) in [5.41, 5.74) is 5.99. The van der Waals surface area contributed by atoms with Gasteiger partial charge in [0.25, 0.3) is 0 Å². The van der Waals surface area contributed by atoms with E-state index in [1.54, 1.807) is 12.1 Å². The standard InChI is InChI=1S/C12H10O.2C10H9NO.CH3.Al/c13-12-8-6-11(7-9-12)10-4-2-1-3-5-10;2*1-7-5-6-8-3-2-4-9(12)10(8)11-7;;/h1-9,13H;2*2-6,12H,1H3;1H3;/q;;;;+2/p-2. The van der Waals surface area contributed by atoms with Crippen LogP contribution < -0.4 is 7.58 Å². The van der Waals surface area contributed by atoms with Gasteiger partial charge in [-0.05, 0) is 67.2 Å². The van der Waals surface area contributed by atoms with E-state index in [0.29, 0.717) is 5.75 Å². The van der Waals surface area contributed by atoms with E-state index in [-0.39, 0.29) is 0 Å². The van der Waals surface area contributed by atoms with Crippen molar-refractivity contribution in [1.29, 1.82) is 0 Å². The van der Waals surface area contributed by atoms with Crippen LogP contribution in [0.25, 0.3) is 32.9 Å². The molecule has 0 radical (unpaired) electrons. The molecule has 5 nitrogen and oxygen atoms in total. The summed E-state index contributed by atoms with van der Waals surface area (Å²) >= 11 is -1.98. The number of hydrogen-bond donors (Lipinski definition) is 1. The molecule has 0 aliphatic heterocycles. The van der Waals surface area contributed by atoms with Crippen molar-refractivity contribution in [2.45, 2.75) is 19.6 Å². The third-order valence-electron chi connectivity index (χ3n) is 6.21. The lowest BCUT2D eigenvalue weighted by atomic mass is 10.1. The summed E-state index contributed by atoms with van der Waals surface area (Å²) in [5.74, 6) is 3.87. The van der Waals surface area contributed by atoms with Crippen LogP contribution in [0.5, 0.6) is 17.2 Å². The van der Waals surface area contributed by atoms with Crippen LogP contribution in [0.4, 0.5) is 0 Å². The van der Waals surface area contributed by atoms with E-state index in [4.69, 9.17) is 12.7 Å². The number of fused-ring (bicyclic) bond motifs is 2. The summed E-state index contributed by atoms with van der Waals surface area (Å²) in [6, 6.07) is 37.4. The lowest BCUT2D eigenvalue weighted by Gasteiger charge is -2.16. The van der Waals surface area contributed by atoms with Crippen LogP contribution >= 0.6 is 0 Å². The van der Waals surface area contributed by atoms with E-state index in [0.717, 1.165) is 50.3 Å². The van der Waals surface area contributed by atoms with Crippen LogP contribution in [0.1, 0.15) is 11.4 Å². The summed E-state index contributed by atoms with van der Waals surface area (Å²) in [4.78, 5) is 9.25. The molecule has 0 amide bonds. The summed E-state index contributed by atoms with van der Waals surface area (Å²) in [6.07, 6.45) is 0. The maximum absolute atomic E-state index is 9.10. The molecule has 2 heterocycles. The second kappa shape index (κ2) is 12.0. The van der Waals surface area contributed by atoms with Gasteiger partial charge in [0.15, 0.2) is 0 Å². The third-order valence-corrected chi connectivity index (χ3v) is 7.38. The number of para-hydroxylation sites is 2. The van der Waals surface area contributed by atoms with Crippen molar-refractivity contribution in [2.75, 3.05) is 0 Å². The number of nitrogens with zero attached hydrogens (tertiary/aromatic N) is 2. The zero-order valence-corrected chi connectivity index (χ0v) is 23.4. The van der Waals surface area contributed by atoms with E-state index in [1.807, 2.05) is 111 Å². The molecule has 2 aromatic heterocycles. The summed E-state index contributed by atoms with van der Waals surface area (Å²) in [6.45, 7) is 3.97. The molecule has 0 aliphatic rings. The first-order valence-corrected chi connectivity index (χ1v) is 15.0. The van der Waals surface area contributed by atoms with Crippen LogP contribution in [0.15, 0.2) is 115 Å². The average Bonchev–Trinajstić information content (AvgIpc) is 2.95. The summed E-state index contributed by atoms with van der Waals surface area (Å²) in [7, 11) is 0. The molecule has 39 heavy (non-hydrogen) atoms. The Balaban J connectivity index is 0.000000198. The predicted octanol–water partition coefficient (Wildman–Crippen LogP) is 8.03. The highest BCUT2D eigenvalue weighted by Crippen LogP contribution is 2.27. The Hall–Kier alpha value is -4.37. The molecule has 1 N–H and O–H groups in total. The van der Waals surface area contributed by atoms with Gasteiger partial charge in [-0.15, -0.1) is 0 Å². The first kappa shape index (κ1) is 26.2. The van der Waals surface area contributed by atoms with Gasteiger partial charge in [0, 0.05) is 22.2 Å². The van der Waals surface area contributed by atoms with E-state index in [2.05, 4.69) is 22.1 Å². The van der Waals surface area contributed by atoms with Crippen LogP contribution in [0, 0.1) is 13.8 Å². The molecule has 6 aromatic rings. The Kier molecular flexibility index (Phi) is 8.08. The molecule has 0 saturated heterocycles. The minimum Gasteiger partial charge on any atom is -0.610 e. The zero-order chi connectivity index (χ0) is 27.2. The topological polar surface area (TPSA) is 64.5 Å². The second-order valence-corrected chi connectivity index (χ2v) is 10.9. The molecule has 0 unspecified atom stereocenters. The number of phenolic OH excluding ortho intramolecular Hbond substituents is 1. The molecule has 0 saturated carbocycles. The molecular weight excluding hydrogens is 499 g/mol. The van der Waals surface area contributed by atoms with Gasteiger partial charge in [0.1, 0.15) is 28.3 Å². The smallest absolute Gasteiger partial charge is 0.610 e. The number of phenols is 1. The maximum Gasteiger partial charge on any atom is 0.853 e. The van der Waals surface area contributed by atoms with E-state index >= 15 is 0 Å². The fourth-order valence-electron chi connectivity index (χ4n) is 4.29. The fraction of sp³-hybridized carbons (Fsp3) is 0.0909. The van der Waals surface area contributed by atoms with Crippen molar-refractivity contribution in [3.05, 3.63) is 127 Å². The lowest BCUT2D eigenvalue weighted by molar-refractivity contribution is 0.435. The molecule has 0 aliphatic carbocycles. The Morgan fingerprint density at radius 3 is 1.54 bits per heavy atom. The largest absolute Gasteiger partial charge is 0.853 e. The minimum atomic E-state index is -1.98. The Morgan fingerprint density at radius 2 is 1.03 bits per heavy atom. The van der Waals surface area contributed by atoms with Gasteiger partial charge in [-0.2, -0.15) is 0 Å². The molecule has 0 atom stereocenters. The van der Waals surface area contributed by atoms with Gasteiger partial charge in [0.2, 0.25) is 0 Å². The van der Waals surface area contributed by atoms with Crippen LogP contribution in [-0.4, -0.2) is 29.9 Å². The maximum atomic E-state index is 9.10. The quantitative estimate of drug-likeness (QED) is 0.230. The summed E-state index contributed by atoms with van der Waals surface area (Å²) in [5, 5.41) is 11.2. The van der Waals surface area contributed by atoms with Gasteiger partial charge >= 0.3 is 14.8 Å². The second-order valence-electron chi connectivity index (χ2n) is 9.28. The van der Waals surface area contributed by atoms with Gasteiger partial charge in [-0.3, -0.25) is 0 Å². The molecule has 0 spiro atoms. The fourth-order valence-corrected chi connectivity index (χ4v) is 5.43. The minimum absolute atomic E-state index is 0.305. The normalized spacial score (nSPS) is 10.5. The van der Waals surface area contributed by atoms with Crippen molar-refractivity contribution >= 4 is 36.6 Å². The monoisotopic (exact) mass is 528 g/mol. The van der Waals surface area contributed by atoms with Crippen molar-refractivity contribution < 1.29 is 12.7 Å². The SMILES string of the molecule is Cc1ccc2cccc([O][Al]([CH3])[O]c3cccc4ccc(C)nc34)c2n1.Oc1ccc(-c2ccccc2)cc1. The summed E-state index contributed by atoms with van der Waals surface area (Å²) < 4.78 is 12.4. The first-order chi connectivity index (χ1) is 19.0. The van der Waals surface area contributed by atoms with Gasteiger partial charge in [-0.25, -0.2) is 9.97 Å². The lowest BCUT2D eigenvalue weighted by Crippen LogP contribution is -2.26. The Morgan fingerprint density at radius 1 is 0.538 bits per heavy atom. The molecule has 192 valence electrons. The number of benzene rings is 4. The zero-order valence-electron chi connectivity index (χ0n) is 22.2. The number of hydrogen-bond acceptors (Lipinski definition) is 5. The number of aryl methyl sites for hydroxylation is 2. The first-order valence-electron chi connectivity index (χ1n) is 12.9. The number of pyridine rings is 2. The Labute approximate surface area is 233 Å². The number of aromatic nitrogens is 2. The van der Waals surface area contributed by atoms with Crippen molar-refractivity contribution in [1.82, 2.24) is 9.97 Å². The van der Waals surface area contributed by atoms with Gasteiger partial charge < -0.3 is 12.7 Å². The van der Waals surface area contributed by atoms with Gasteiger partial charge in [0.05, 0.1) is 0 Å². The van der Waals surface area contributed by atoms with Gasteiger partial charge in [-0.1, -0.05) is 78.9 Å². The van der Waals surface area contributed by atoms with Crippen molar-refractivity contribution in [2.24, 2.45) is 0 Å². The third kappa shape index (κ3) is 6.56.